The number of allylic oxidation sites excluding steroid dienone is 1. The molecule has 0 unspecified atom stereocenters. The van der Waals surface area contributed by atoms with Crippen LogP contribution < -0.4 is 9.47 Å². The van der Waals surface area contributed by atoms with Gasteiger partial charge in [-0.2, -0.15) is 0 Å². The Balaban J connectivity index is 1.58. The van der Waals surface area contributed by atoms with Crippen LogP contribution in [0.5, 0.6) is 11.5 Å². The van der Waals surface area contributed by atoms with Gasteiger partial charge in [0.2, 0.25) is 12.7 Å². The van der Waals surface area contributed by atoms with Gasteiger partial charge in [-0.05, 0) is 36.2 Å². The molecule has 2 aliphatic heterocycles. The minimum atomic E-state index is -0.923. The van der Waals surface area contributed by atoms with Crippen molar-refractivity contribution in [3.05, 3.63) is 71.8 Å². The molecular formula is C21H17NO4. The third kappa shape index (κ3) is 2.24. The monoisotopic (exact) mass is 347 g/mol. The molecule has 2 aromatic rings. The van der Waals surface area contributed by atoms with E-state index < -0.39 is 5.54 Å². The topological polar surface area (TPSA) is 57.1 Å². The SMILES string of the molecule is O=C1OC(c2ccccc2)=N[C@@]12CC=CC[C@H]2c1ccc2c(c1)OCO2. The second kappa shape index (κ2) is 5.73. The van der Waals surface area contributed by atoms with E-state index in [1.165, 1.54) is 0 Å². The number of carbonyl (C=O) groups is 1. The predicted octanol–water partition coefficient (Wildman–Crippen LogP) is 3.59. The Kier molecular flexibility index (Phi) is 3.35. The van der Waals surface area contributed by atoms with Gasteiger partial charge in [0.15, 0.2) is 17.0 Å². The van der Waals surface area contributed by atoms with E-state index >= 15 is 0 Å². The maximum Gasteiger partial charge on any atom is 0.341 e. The van der Waals surface area contributed by atoms with E-state index in [1.807, 2.05) is 54.6 Å². The van der Waals surface area contributed by atoms with Crippen molar-refractivity contribution in [1.82, 2.24) is 0 Å². The molecule has 0 amide bonds. The van der Waals surface area contributed by atoms with Gasteiger partial charge in [-0.25, -0.2) is 9.79 Å². The summed E-state index contributed by atoms with van der Waals surface area (Å²) in [6.07, 6.45) is 5.37. The van der Waals surface area contributed by atoms with E-state index in [9.17, 15) is 4.79 Å². The largest absolute Gasteiger partial charge is 0.454 e. The summed E-state index contributed by atoms with van der Waals surface area (Å²) in [5.41, 5.74) is 0.901. The maximum atomic E-state index is 12.9. The van der Waals surface area contributed by atoms with Crippen LogP contribution in [0.25, 0.3) is 0 Å². The van der Waals surface area contributed by atoms with Crippen molar-refractivity contribution >= 4 is 11.9 Å². The van der Waals surface area contributed by atoms with Crippen molar-refractivity contribution in [2.24, 2.45) is 4.99 Å². The van der Waals surface area contributed by atoms with Crippen molar-refractivity contribution in [2.45, 2.75) is 24.3 Å². The second-order valence-corrected chi connectivity index (χ2v) is 6.67. The number of hydrogen-bond acceptors (Lipinski definition) is 5. The zero-order valence-electron chi connectivity index (χ0n) is 14.1. The average molecular weight is 347 g/mol. The number of rotatable bonds is 2. The molecule has 1 spiro atoms. The first-order chi connectivity index (χ1) is 12.8. The Morgan fingerprint density at radius 2 is 1.85 bits per heavy atom. The molecule has 5 nitrogen and oxygen atoms in total. The molecule has 2 heterocycles. The van der Waals surface area contributed by atoms with Crippen molar-refractivity contribution in [2.75, 3.05) is 6.79 Å². The number of benzene rings is 2. The summed E-state index contributed by atoms with van der Waals surface area (Å²) >= 11 is 0. The molecule has 5 heteroatoms. The predicted molar refractivity (Wildman–Crippen MR) is 95.5 cm³/mol. The number of carbonyl (C=O) groups excluding carboxylic acids is 1. The van der Waals surface area contributed by atoms with E-state index in [-0.39, 0.29) is 18.7 Å². The number of hydrogen-bond donors (Lipinski definition) is 0. The van der Waals surface area contributed by atoms with E-state index in [1.54, 1.807) is 0 Å². The highest BCUT2D eigenvalue weighted by Crippen LogP contribution is 2.46. The van der Waals surface area contributed by atoms with Crippen LogP contribution in [-0.2, 0) is 9.53 Å². The molecule has 2 atom stereocenters. The number of nitrogens with zero attached hydrogens (tertiary/aromatic N) is 1. The summed E-state index contributed by atoms with van der Waals surface area (Å²) in [7, 11) is 0. The van der Waals surface area contributed by atoms with Crippen molar-refractivity contribution in [3.63, 3.8) is 0 Å². The summed E-state index contributed by atoms with van der Waals surface area (Å²) < 4.78 is 16.5. The Labute approximate surface area is 150 Å². The first kappa shape index (κ1) is 15.2. The van der Waals surface area contributed by atoms with Crippen LogP contribution in [0.4, 0.5) is 0 Å². The van der Waals surface area contributed by atoms with Gasteiger partial charge in [-0.3, -0.25) is 0 Å². The quantitative estimate of drug-likeness (QED) is 0.615. The fraction of sp³-hybridized carbons (Fsp3) is 0.238. The van der Waals surface area contributed by atoms with Crippen LogP contribution in [-0.4, -0.2) is 24.2 Å². The lowest BCUT2D eigenvalue weighted by Crippen LogP contribution is -2.41. The van der Waals surface area contributed by atoms with Crippen molar-refractivity contribution in [1.29, 1.82) is 0 Å². The third-order valence-electron chi connectivity index (χ3n) is 5.21. The molecule has 0 N–H and O–H groups in total. The molecule has 0 radical (unpaired) electrons. The van der Waals surface area contributed by atoms with Crippen molar-refractivity contribution < 1.29 is 19.0 Å². The molecule has 0 saturated heterocycles. The molecule has 0 saturated carbocycles. The highest BCUT2D eigenvalue weighted by atomic mass is 16.7. The number of cyclic esters (lactones) is 1. The molecule has 130 valence electrons. The van der Waals surface area contributed by atoms with Crippen LogP contribution >= 0.6 is 0 Å². The zero-order chi connectivity index (χ0) is 17.6. The molecule has 0 bridgehead atoms. The lowest BCUT2D eigenvalue weighted by molar-refractivity contribution is -0.139. The Hall–Kier alpha value is -3.08. The minimum absolute atomic E-state index is 0.101. The standard InChI is InChI=1S/C21H17NO4/c23-20-21(22-19(26-20)14-6-2-1-3-7-14)11-5-4-8-16(21)15-9-10-17-18(12-15)25-13-24-17/h1-7,9-10,12,16H,8,11,13H2/t16-,21+/m0/s1. The van der Waals surface area contributed by atoms with Gasteiger partial charge in [0.1, 0.15) is 0 Å². The van der Waals surface area contributed by atoms with Crippen LogP contribution in [0, 0.1) is 0 Å². The lowest BCUT2D eigenvalue weighted by Gasteiger charge is -2.33. The van der Waals surface area contributed by atoms with Crippen LogP contribution in [0.3, 0.4) is 0 Å². The van der Waals surface area contributed by atoms with Crippen LogP contribution in [0.15, 0.2) is 65.7 Å². The summed E-state index contributed by atoms with van der Waals surface area (Å²) in [6.45, 7) is 0.229. The Morgan fingerprint density at radius 3 is 2.73 bits per heavy atom. The van der Waals surface area contributed by atoms with Crippen LogP contribution in [0.2, 0.25) is 0 Å². The summed E-state index contributed by atoms with van der Waals surface area (Å²) in [4.78, 5) is 17.7. The molecule has 2 aromatic carbocycles. The van der Waals surface area contributed by atoms with Gasteiger partial charge in [0.05, 0.1) is 0 Å². The van der Waals surface area contributed by atoms with E-state index in [2.05, 4.69) is 6.08 Å². The second-order valence-electron chi connectivity index (χ2n) is 6.67. The van der Waals surface area contributed by atoms with E-state index in [0.717, 1.165) is 23.3 Å². The van der Waals surface area contributed by atoms with Gasteiger partial charge in [0.25, 0.3) is 0 Å². The van der Waals surface area contributed by atoms with Gasteiger partial charge in [-0.1, -0.05) is 36.4 Å². The molecule has 3 aliphatic rings. The summed E-state index contributed by atoms with van der Waals surface area (Å²) in [5.74, 6) is 1.46. The highest BCUT2D eigenvalue weighted by molar-refractivity contribution is 6.08. The molecular weight excluding hydrogens is 330 g/mol. The first-order valence-electron chi connectivity index (χ1n) is 8.68. The molecule has 5 rings (SSSR count). The zero-order valence-corrected chi connectivity index (χ0v) is 14.1. The number of esters is 1. The van der Waals surface area contributed by atoms with Gasteiger partial charge < -0.3 is 14.2 Å². The van der Waals surface area contributed by atoms with Gasteiger partial charge >= 0.3 is 5.97 Å². The number of ether oxygens (including phenoxy) is 3. The van der Waals surface area contributed by atoms with E-state index in [4.69, 9.17) is 19.2 Å². The maximum absolute atomic E-state index is 12.9. The summed E-state index contributed by atoms with van der Waals surface area (Å²) in [5, 5.41) is 0. The van der Waals surface area contributed by atoms with Gasteiger partial charge in [-0.15, -0.1) is 0 Å². The average Bonchev–Trinajstić information content (AvgIpc) is 3.28. The van der Waals surface area contributed by atoms with Crippen molar-refractivity contribution in [3.8, 4) is 11.5 Å². The fourth-order valence-electron chi connectivity index (χ4n) is 3.85. The first-order valence-corrected chi connectivity index (χ1v) is 8.68. The lowest BCUT2D eigenvalue weighted by atomic mass is 9.73. The fourth-order valence-corrected chi connectivity index (χ4v) is 3.85. The highest BCUT2D eigenvalue weighted by Gasteiger charge is 2.52. The normalized spacial score (nSPS) is 26.1. The summed E-state index contributed by atoms with van der Waals surface area (Å²) in [6, 6.07) is 15.4. The molecule has 1 aliphatic carbocycles. The van der Waals surface area contributed by atoms with Crippen LogP contribution in [0.1, 0.15) is 29.9 Å². The Bertz CT molecular complexity index is 934. The molecule has 0 fully saturated rings. The molecule has 26 heavy (non-hydrogen) atoms. The Morgan fingerprint density at radius 1 is 1.00 bits per heavy atom. The number of fused-ring (bicyclic) bond motifs is 1. The smallest absolute Gasteiger partial charge is 0.341 e. The number of aliphatic imine (C=N–C) groups is 1. The van der Waals surface area contributed by atoms with Gasteiger partial charge in [0, 0.05) is 17.9 Å². The van der Waals surface area contributed by atoms with E-state index in [0.29, 0.717) is 18.1 Å². The minimum Gasteiger partial charge on any atom is -0.454 e. The molecule has 0 aromatic heterocycles. The third-order valence-corrected chi connectivity index (χ3v) is 5.21.